The highest BCUT2D eigenvalue weighted by Gasteiger charge is 2.15. The highest BCUT2D eigenvalue weighted by Crippen LogP contribution is 2.31. The summed E-state index contributed by atoms with van der Waals surface area (Å²) in [6.07, 6.45) is 0. The Labute approximate surface area is 173 Å². The first-order valence-electron chi connectivity index (χ1n) is 9.23. The molecule has 0 aliphatic rings. The van der Waals surface area contributed by atoms with Crippen molar-refractivity contribution in [1.82, 2.24) is 9.78 Å². The van der Waals surface area contributed by atoms with E-state index in [1.54, 1.807) is 31.0 Å². The van der Waals surface area contributed by atoms with Crippen molar-refractivity contribution in [3.8, 4) is 39.7 Å². The number of nitrogens with zero attached hydrogens (tertiary/aromatic N) is 3. The number of benzene rings is 3. The second-order valence-corrected chi connectivity index (χ2v) is 6.56. The van der Waals surface area contributed by atoms with E-state index in [9.17, 15) is 10.1 Å². The maximum Gasteiger partial charge on any atom is 0.269 e. The second kappa shape index (κ2) is 8.08. The van der Waals surface area contributed by atoms with Gasteiger partial charge in [-0.1, -0.05) is 0 Å². The average Bonchev–Trinajstić information content (AvgIpc) is 3.24. The van der Waals surface area contributed by atoms with Crippen LogP contribution in [0.25, 0.3) is 28.2 Å². The molecule has 0 amide bonds. The van der Waals surface area contributed by atoms with Gasteiger partial charge in [0, 0.05) is 23.3 Å². The third-order valence-electron chi connectivity index (χ3n) is 4.79. The van der Waals surface area contributed by atoms with Gasteiger partial charge in [-0.15, -0.1) is 0 Å². The molecule has 0 spiro atoms. The van der Waals surface area contributed by atoms with Crippen LogP contribution in [-0.4, -0.2) is 28.9 Å². The first kappa shape index (κ1) is 19.2. The lowest BCUT2D eigenvalue weighted by Gasteiger charge is -2.08. The van der Waals surface area contributed by atoms with Gasteiger partial charge in [-0.3, -0.25) is 10.1 Å². The molecule has 0 bridgehead atoms. The fourth-order valence-electron chi connectivity index (χ4n) is 3.16. The highest BCUT2D eigenvalue weighted by molar-refractivity contribution is 5.71. The van der Waals surface area contributed by atoms with Gasteiger partial charge in [0.15, 0.2) is 0 Å². The number of nitro groups is 1. The van der Waals surface area contributed by atoms with Crippen LogP contribution in [0.3, 0.4) is 0 Å². The first-order valence-corrected chi connectivity index (χ1v) is 9.23. The molecule has 7 nitrogen and oxygen atoms in total. The highest BCUT2D eigenvalue weighted by atomic mass is 16.6. The summed E-state index contributed by atoms with van der Waals surface area (Å²) in [4.78, 5) is 10.6. The van der Waals surface area contributed by atoms with Gasteiger partial charge in [0.1, 0.15) is 11.5 Å². The van der Waals surface area contributed by atoms with Gasteiger partial charge in [0.2, 0.25) is 0 Å². The minimum atomic E-state index is -0.417. The summed E-state index contributed by atoms with van der Waals surface area (Å²) in [5.74, 6) is 1.53. The molecule has 0 aliphatic heterocycles. The van der Waals surface area contributed by atoms with Crippen LogP contribution < -0.4 is 9.47 Å². The molecule has 4 rings (SSSR count). The van der Waals surface area contributed by atoms with Crippen LogP contribution in [0, 0.1) is 10.1 Å². The molecule has 0 saturated heterocycles. The van der Waals surface area contributed by atoms with Gasteiger partial charge < -0.3 is 9.47 Å². The zero-order valence-electron chi connectivity index (χ0n) is 16.5. The van der Waals surface area contributed by atoms with Gasteiger partial charge in [-0.05, 0) is 66.7 Å². The number of methoxy groups -OCH3 is 2. The average molecular weight is 401 g/mol. The summed E-state index contributed by atoms with van der Waals surface area (Å²) in [6.45, 7) is 0. The molecule has 1 heterocycles. The van der Waals surface area contributed by atoms with Crippen LogP contribution in [0.1, 0.15) is 0 Å². The van der Waals surface area contributed by atoms with Crippen LogP contribution in [-0.2, 0) is 0 Å². The molecular formula is C23H19N3O4. The number of non-ortho nitro benzene ring substituents is 1. The number of hydrogen-bond donors (Lipinski definition) is 0. The fraction of sp³-hybridized carbons (Fsp3) is 0.0870. The fourth-order valence-corrected chi connectivity index (χ4v) is 3.16. The van der Waals surface area contributed by atoms with Crippen molar-refractivity contribution < 1.29 is 14.4 Å². The molecular weight excluding hydrogens is 382 g/mol. The Balaban J connectivity index is 1.82. The Hall–Kier alpha value is -4.13. The normalized spacial score (nSPS) is 10.6. The molecule has 0 aliphatic carbocycles. The van der Waals surface area contributed by atoms with Crippen molar-refractivity contribution in [1.29, 1.82) is 0 Å². The molecule has 0 N–H and O–H groups in total. The molecule has 150 valence electrons. The van der Waals surface area contributed by atoms with Crippen molar-refractivity contribution in [3.63, 3.8) is 0 Å². The summed E-state index contributed by atoms with van der Waals surface area (Å²) >= 11 is 0. The predicted molar refractivity (Wildman–Crippen MR) is 114 cm³/mol. The van der Waals surface area contributed by atoms with Crippen LogP contribution in [0.15, 0.2) is 78.9 Å². The van der Waals surface area contributed by atoms with Crippen molar-refractivity contribution >= 4 is 5.69 Å². The molecule has 0 radical (unpaired) electrons. The van der Waals surface area contributed by atoms with Gasteiger partial charge in [0.05, 0.1) is 36.2 Å². The Bertz CT molecular complexity index is 1160. The van der Waals surface area contributed by atoms with Crippen LogP contribution in [0.4, 0.5) is 5.69 Å². The SMILES string of the molecule is COc1ccc(-c2cc(-c3ccc(OC)cc3)n(-c3ccc([N+](=O)[O-])cc3)n2)cc1. The molecule has 1 aromatic heterocycles. The van der Waals surface area contributed by atoms with Crippen molar-refractivity contribution in [3.05, 3.63) is 89.0 Å². The van der Waals surface area contributed by atoms with Crippen molar-refractivity contribution in [2.75, 3.05) is 14.2 Å². The summed E-state index contributed by atoms with van der Waals surface area (Å²) in [7, 11) is 3.25. The van der Waals surface area contributed by atoms with E-state index in [0.29, 0.717) is 0 Å². The number of rotatable bonds is 6. The summed E-state index contributed by atoms with van der Waals surface area (Å²) in [6, 6.07) is 23.6. The zero-order chi connectivity index (χ0) is 21.1. The second-order valence-electron chi connectivity index (χ2n) is 6.56. The van der Waals surface area contributed by atoms with E-state index in [1.807, 2.05) is 54.6 Å². The number of ether oxygens (including phenoxy) is 2. The predicted octanol–water partition coefficient (Wildman–Crippen LogP) is 5.13. The summed E-state index contributed by atoms with van der Waals surface area (Å²) in [5.41, 5.74) is 4.28. The van der Waals surface area contributed by atoms with Crippen molar-refractivity contribution in [2.45, 2.75) is 0 Å². The molecule has 0 fully saturated rings. The zero-order valence-corrected chi connectivity index (χ0v) is 16.5. The third-order valence-corrected chi connectivity index (χ3v) is 4.79. The number of hydrogen-bond acceptors (Lipinski definition) is 5. The number of aromatic nitrogens is 2. The Morgan fingerprint density at radius 3 is 1.83 bits per heavy atom. The van der Waals surface area contributed by atoms with Crippen LogP contribution >= 0.6 is 0 Å². The molecule has 0 unspecified atom stereocenters. The maximum atomic E-state index is 11.0. The third kappa shape index (κ3) is 3.73. The largest absolute Gasteiger partial charge is 0.497 e. The van der Waals surface area contributed by atoms with Gasteiger partial charge in [-0.25, -0.2) is 4.68 Å². The Morgan fingerprint density at radius 1 is 0.800 bits per heavy atom. The molecule has 7 heteroatoms. The lowest BCUT2D eigenvalue weighted by molar-refractivity contribution is -0.384. The monoisotopic (exact) mass is 401 g/mol. The Morgan fingerprint density at radius 2 is 1.33 bits per heavy atom. The minimum Gasteiger partial charge on any atom is -0.497 e. The van der Waals surface area contributed by atoms with Gasteiger partial charge in [-0.2, -0.15) is 5.10 Å². The van der Waals surface area contributed by atoms with E-state index in [2.05, 4.69) is 0 Å². The maximum absolute atomic E-state index is 11.0. The molecule has 0 atom stereocenters. The lowest BCUT2D eigenvalue weighted by Crippen LogP contribution is -2.00. The van der Waals surface area contributed by atoms with E-state index in [-0.39, 0.29) is 5.69 Å². The van der Waals surface area contributed by atoms with Gasteiger partial charge >= 0.3 is 0 Å². The lowest BCUT2D eigenvalue weighted by atomic mass is 10.1. The van der Waals surface area contributed by atoms with Crippen LogP contribution in [0.5, 0.6) is 11.5 Å². The van der Waals surface area contributed by atoms with Gasteiger partial charge in [0.25, 0.3) is 5.69 Å². The van der Waals surface area contributed by atoms with E-state index in [1.165, 1.54) is 12.1 Å². The van der Waals surface area contributed by atoms with E-state index in [0.717, 1.165) is 39.7 Å². The quantitative estimate of drug-likeness (QED) is 0.330. The van der Waals surface area contributed by atoms with E-state index < -0.39 is 4.92 Å². The number of nitro benzene ring substituents is 1. The minimum absolute atomic E-state index is 0.0345. The Kier molecular flexibility index (Phi) is 5.17. The smallest absolute Gasteiger partial charge is 0.269 e. The first-order chi connectivity index (χ1) is 14.6. The standard InChI is InChI=1S/C23H19N3O4/c1-29-20-11-3-16(4-12-20)22-15-23(17-5-13-21(30-2)14-6-17)25(24-22)18-7-9-19(10-8-18)26(27)28/h3-15H,1-2H3. The molecule has 3 aromatic carbocycles. The summed E-state index contributed by atoms with van der Waals surface area (Å²) in [5, 5.41) is 15.8. The molecule has 4 aromatic rings. The van der Waals surface area contributed by atoms with E-state index in [4.69, 9.17) is 14.6 Å². The van der Waals surface area contributed by atoms with E-state index >= 15 is 0 Å². The summed E-state index contributed by atoms with van der Waals surface area (Å²) < 4.78 is 12.3. The topological polar surface area (TPSA) is 79.4 Å². The van der Waals surface area contributed by atoms with Crippen molar-refractivity contribution in [2.24, 2.45) is 0 Å². The molecule has 30 heavy (non-hydrogen) atoms. The van der Waals surface area contributed by atoms with Crippen LogP contribution in [0.2, 0.25) is 0 Å². The molecule has 0 saturated carbocycles.